The Morgan fingerprint density at radius 3 is 2.75 bits per heavy atom. The molecule has 2 rings (SSSR count). The van der Waals surface area contributed by atoms with E-state index >= 15 is 0 Å². The van der Waals surface area contributed by atoms with E-state index in [2.05, 4.69) is 4.98 Å². The molecule has 82 valence electrons. The van der Waals surface area contributed by atoms with Gasteiger partial charge in [-0.15, -0.1) is 0 Å². The number of aromatic nitrogens is 2. The van der Waals surface area contributed by atoms with Gasteiger partial charge in [-0.3, -0.25) is 0 Å². The molecule has 1 aromatic carbocycles. The Morgan fingerprint density at radius 2 is 2.12 bits per heavy atom. The van der Waals surface area contributed by atoms with Crippen molar-refractivity contribution in [1.82, 2.24) is 4.98 Å². The molecule has 0 fully saturated rings. The summed E-state index contributed by atoms with van der Waals surface area (Å²) >= 11 is 0. The molecule has 0 spiro atoms. The highest BCUT2D eigenvalue weighted by atomic mass is 16.5. The fourth-order valence-electron chi connectivity index (χ4n) is 1.56. The maximum atomic E-state index is 11.8. The van der Waals surface area contributed by atoms with Crippen LogP contribution in [-0.4, -0.2) is 16.1 Å². The monoisotopic (exact) mass is 218 g/mol. The van der Waals surface area contributed by atoms with Crippen LogP contribution >= 0.6 is 0 Å². The molecule has 2 aromatic rings. The highest BCUT2D eigenvalue weighted by Crippen LogP contribution is 2.15. The van der Waals surface area contributed by atoms with Gasteiger partial charge in [0.1, 0.15) is 5.69 Å². The molecule has 5 nitrogen and oxygen atoms in total. The van der Waals surface area contributed by atoms with Crippen molar-refractivity contribution in [2.24, 2.45) is 0 Å². The van der Waals surface area contributed by atoms with E-state index in [4.69, 9.17) is 5.11 Å². The maximum absolute atomic E-state index is 11.8. The lowest BCUT2D eigenvalue weighted by Gasteiger charge is -2.07. The Hall–Kier alpha value is -2.17. The first kappa shape index (κ1) is 10.4. The van der Waals surface area contributed by atoms with Gasteiger partial charge in [-0.05, 0) is 13.0 Å². The van der Waals surface area contributed by atoms with E-state index in [0.717, 1.165) is 0 Å². The molecule has 0 aliphatic heterocycles. The van der Waals surface area contributed by atoms with Gasteiger partial charge in [0, 0.05) is 13.0 Å². The summed E-state index contributed by atoms with van der Waals surface area (Å²) in [5, 5.41) is 20.8. The molecule has 0 bridgehead atoms. The van der Waals surface area contributed by atoms with Gasteiger partial charge in [0.2, 0.25) is 11.2 Å². The van der Waals surface area contributed by atoms with Crippen molar-refractivity contribution in [3.05, 3.63) is 40.4 Å². The van der Waals surface area contributed by atoms with E-state index in [-0.39, 0.29) is 16.6 Å². The molecule has 0 atom stereocenters. The Bertz CT molecular complexity index is 593. The van der Waals surface area contributed by atoms with Crippen molar-refractivity contribution in [2.75, 3.05) is 0 Å². The molecule has 0 saturated heterocycles. The third kappa shape index (κ3) is 1.37. The minimum Gasteiger partial charge on any atom is -0.618 e. The molecular formula is C11H10N2O3. The molecule has 1 aromatic heterocycles. The second kappa shape index (κ2) is 3.44. The summed E-state index contributed by atoms with van der Waals surface area (Å²) in [5.41, 5.74) is 1.58. The first-order valence-electron chi connectivity index (χ1n) is 4.75. The van der Waals surface area contributed by atoms with Crippen molar-refractivity contribution in [2.45, 2.75) is 13.8 Å². The van der Waals surface area contributed by atoms with Crippen LogP contribution in [0, 0.1) is 19.1 Å². The van der Waals surface area contributed by atoms with Gasteiger partial charge >= 0.3 is 5.97 Å². The molecule has 16 heavy (non-hydrogen) atoms. The Labute approximate surface area is 91.6 Å². The number of nitrogens with zero attached hydrogens (tertiary/aromatic N) is 2. The standard InChI is InChI=1S/C11H10N2O3/c1-6-7(2)13(16)9-5-3-4-8(11(14)15)10(9)12-6/h3-5H,1-2H3,(H,14,15). The van der Waals surface area contributed by atoms with E-state index in [0.29, 0.717) is 16.1 Å². The van der Waals surface area contributed by atoms with Crippen molar-refractivity contribution in [3.63, 3.8) is 0 Å². The summed E-state index contributed by atoms with van der Waals surface area (Å²) < 4.78 is 0.712. The minimum absolute atomic E-state index is 0.0465. The summed E-state index contributed by atoms with van der Waals surface area (Å²) in [6.07, 6.45) is 0. The van der Waals surface area contributed by atoms with E-state index in [1.54, 1.807) is 19.9 Å². The van der Waals surface area contributed by atoms with Gasteiger partial charge in [-0.2, -0.15) is 4.73 Å². The first-order chi connectivity index (χ1) is 7.52. The highest BCUT2D eigenvalue weighted by molar-refractivity contribution is 5.99. The second-order valence-electron chi connectivity index (χ2n) is 3.56. The molecule has 0 aliphatic carbocycles. The number of aromatic carboxylic acids is 1. The molecular weight excluding hydrogens is 208 g/mol. The van der Waals surface area contributed by atoms with Crippen LogP contribution in [-0.2, 0) is 0 Å². The molecule has 5 heteroatoms. The molecule has 0 aliphatic rings. The van der Waals surface area contributed by atoms with Gasteiger partial charge < -0.3 is 10.3 Å². The number of carboxylic acids is 1. The predicted octanol–water partition coefficient (Wildman–Crippen LogP) is 1.18. The zero-order valence-electron chi connectivity index (χ0n) is 8.89. The number of aryl methyl sites for hydroxylation is 1. The fourth-order valence-corrected chi connectivity index (χ4v) is 1.56. The average Bonchev–Trinajstić information content (AvgIpc) is 2.25. The quantitative estimate of drug-likeness (QED) is 0.576. The Balaban J connectivity index is 2.95. The lowest BCUT2D eigenvalue weighted by atomic mass is 10.1. The van der Waals surface area contributed by atoms with Gasteiger partial charge in [-0.1, -0.05) is 6.07 Å². The van der Waals surface area contributed by atoms with Crippen LogP contribution in [0.1, 0.15) is 21.7 Å². The minimum atomic E-state index is -1.08. The van der Waals surface area contributed by atoms with Crippen LogP contribution in [0.2, 0.25) is 0 Å². The van der Waals surface area contributed by atoms with Crippen molar-refractivity contribution in [3.8, 4) is 0 Å². The van der Waals surface area contributed by atoms with Crippen LogP contribution in [0.5, 0.6) is 0 Å². The number of para-hydroxylation sites is 1. The number of carbonyl (C=O) groups is 1. The third-order valence-electron chi connectivity index (χ3n) is 2.57. The highest BCUT2D eigenvalue weighted by Gasteiger charge is 2.17. The SMILES string of the molecule is Cc1nc2c(C(=O)O)cccc2[n+]([O-])c1C. The molecule has 0 radical (unpaired) electrons. The van der Waals surface area contributed by atoms with Gasteiger partial charge in [0.05, 0.1) is 5.56 Å². The van der Waals surface area contributed by atoms with Crippen molar-refractivity contribution in [1.29, 1.82) is 0 Å². The molecule has 0 saturated carbocycles. The van der Waals surface area contributed by atoms with Gasteiger partial charge in [0.15, 0.2) is 5.52 Å². The van der Waals surface area contributed by atoms with Crippen LogP contribution in [0.3, 0.4) is 0 Å². The predicted molar refractivity (Wildman–Crippen MR) is 57.1 cm³/mol. The van der Waals surface area contributed by atoms with E-state index in [9.17, 15) is 10.0 Å². The van der Waals surface area contributed by atoms with Crippen LogP contribution in [0.15, 0.2) is 18.2 Å². The largest absolute Gasteiger partial charge is 0.618 e. The maximum Gasteiger partial charge on any atom is 0.338 e. The molecule has 1 heterocycles. The summed E-state index contributed by atoms with van der Waals surface area (Å²) in [6, 6.07) is 4.54. The zero-order chi connectivity index (χ0) is 11.9. The third-order valence-corrected chi connectivity index (χ3v) is 2.57. The normalized spacial score (nSPS) is 10.6. The molecule has 0 amide bonds. The smallest absolute Gasteiger partial charge is 0.338 e. The summed E-state index contributed by atoms with van der Waals surface area (Å²) in [6.45, 7) is 3.34. The van der Waals surface area contributed by atoms with E-state index in [1.807, 2.05) is 0 Å². The summed E-state index contributed by atoms with van der Waals surface area (Å²) in [7, 11) is 0. The second-order valence-corrected chi connectivity index (χ2v) is 3.56. The van der Waals surface area contributed by atoms with Gasteiger partial charge in [-0.25, -0.2) is 9.78 Å². The summed E-state index contributed by atoms with van der Waals surface area (Å²) in [4.78, 5) is 15.1. The van der Waals surface area contributed by atoms with Crippen molar-refractivity contribution >= 4 is 17.0 Å². The van der Waals surface area contributed by atoms with E-state index < -0.39 is 5.97 Å². The lowest BCUT2D eigenvalue weighted by Crippen LogP contribution is -2.33. The Morgan fingerprint density at radius 1 is 1.44 bits per heavy atom. The fraction of sp³-hybridized carbons (Fsp3) is 0.182. The zero-order valence-corrected chi connectivity index (χ0v) is 8.89. The van der Waals surface area contributed by atoms with Crippen LogP contribution in [0.4, 0.5) is 0 Å². The average molecular weight is 218 g/mol. The van der Waals surface area contributed by atoms with Crippen LogP contribution in [0.25, 0.3) is 11.0 Å². The number of fused-ring (bicyclic) bond motifs is 1. The molecule has 1 N–H and O–H groups in total. The van der Waals surface area contributed by atoms with Crippen molar-refractivity contribution < 1.29 is 14.6 Å². The number of carboxylic acid groups (broad SMARTS) is 1. The molecule has 0 unspecified atom stereocenters. The Kier molecular flexibility index (Phi) is 2.23. The number of rotatable bonds is 1. The first-order valence-corrected chi connectivity index (χ1v) is 4.75. The lowest BCUT2D eigenvalue weighted by molar-refractivity contribution is -0.585. The topological polar surface area (TPSA) is 77.1 Å². The summed E-state index contributed by atoms with van der Waals surface area (Å²) in [5.74, 6) is -1.08. The number of benzene rings is 1. The number of hydrogen-bond donors (Lipinski definition) is 1. The number of hydrogen-bond acceptors (Lipinski definition) is 3. The van der Waals surface area contributed by atoms with Crippen LogP contribution < -0.4 is 4.73 Å². The van der Waals surface area contributed by atoms with Gasteiger partial charge in [0.25, 0.3) is 0 Å². The van der Waals surface area contributed by atoms with E-state index in [1.165, 1.54) is 12.1 Å².